The van der Waals surface area contributed by atoms with Gasteiger partial charge in [0.15, 0.2) is 0 Å². The number of hydrogen-bond donors (Lipinski definition) is 1. The average Bonchev–Trinajstić information content (AvgIpc) is 3.27. The number of benzene rings is 1. The van der Waals surface area contributed by atoms with Crippen molar-refractivity contribution in [3.63, 3.8) is 0 Å². The molecule has 0 atom stereocenters. The van der Waals surface area contributed by atoms with Crippen LogP contribution in [0, 0.1) is 10.1 Å². The second-order valence-corrected chi connectivity index (χ2v) is 5.45. The summed E-state index contributed by atoms with van der Waals surface area (Å²) in [6, 6.07) is 4.68. The summed E-state index contributed by atoms with van der Waals surface area (Å²) in [6.45, 7) is 0.162. The fraction of sp³-hybridized carbons (Fsp3) is 0.462. The van der Waals surface area contributed by atoms with E-state index in [2.05, 4.69) is 0 Å². The molecule has 1 aliphatic rings. The van der Waals surface area contributed by atoms with Crippen LogP contribution in [-0.4, -0.2) is 46.3 Å². The minimum Gasteiger partial charge on any atom is -0.395 e. The Balaban J connectivity index is 2.29. The molecular weight excluding hydrogens is 280 g/mol. The van der Waals surface area contributed by atoms with Crippen LogP contribution in [-0.2, 0) is 0 Å². The topological polar surface area (TPSA) is 83.7 Å². The molecule has 108 valence electrons. The Morgan fingerprint density at radius 2 is 2.25 bits per heavy atom. The van der Waals surface area contributed by atoms with Crippen molar-refractivity contribution >= 4 is 23.4 Å². The van der Waals surface area contributed by atoms with E-state index in [9.17, 15) is 14.9 Å². The number of amides is 1. The number of carbonyl (C=O) groups excluding carboxylic acids is 1. The first-order chi connectivity index (χ1) is 9.58. The maximum atomic E-state index is 12.4. The first-order valence-corrected chi connectivity index (χ1v) is 7.55. The Hall–Kier alpha value is -1.60. The predicted molar refractivity (Wildman–Crippen MR) is 76.0 cm³/mol. The lowest BCUT2D eigenvalue weighted by molar-refractivity contribution is -0.387. The molecule has 1 aromatic carbocycles. The summed E-state index contributed by atoms with van der Waals surface area (Å²) in [4.78, 5) is 25.1. The zero-order chi connectivity index (χ0) is 14.7. The molecular formula is C13H16N2O4S. The molecule has 6 nitrogen and oxygen atoms in total. The zero-order valence-corrected chi connectivity index (χ0v) is 11.9. The molecule has 0 bridgehead atoms. The number of aliphatic hydroxyl groups excluding tert-OH is 1. The second kappa shape index (κ2) is 6.23. The number of nitro groups is 1. The Morgan fingerprint density at radius 3 is 2.75 bits per heavy atom. The van der Waals surface area contributed by atoms with Gasteiger partial charge in [0.25, 0.3) is 11.6 Å². The lowest BCUT2D eigenvalue weighted by atomic mass is 10.1. The summed E-state index contributed by atoms with van der Waals surface area (Å²) in [5.41, 5.74) is 0.248. The number of aliphatic hydroxyl groups is 1. The fourth-order valence-electron chi connectivity index (χ4n) is 2.08. The van der Waals surface area contributed by atoms with E-state index in [0.29, 0.717) is 10.5 Å². The summed E-state index contributed by atoms with van der Waals surface area (Å²) in [5, 5.41) is 20.1. The number of thioether (sulfide) groups is 1. The van der Waals surface area contributed by atoms with Crippen molar-refractivity contribution in [3.8, 4) is 0 Å². The van der Waals surface area contributed by atoms with Crippen molar-refractivity contribution in [2.24, 2.45) is 0 Å². The highest BCUT2D eigenvalue weighted by Gasteiger charge is 2.33. The Labute approximate surface area is 120 Å². The van der Waals surface area contributed by atoms with Gasteiger partial charge in [-0.2, -0.15) is 0 Å². The first-order valence-electron chi connectivity index (χ1n) is 6.32. The lowest BCUT2D eigenvalue weighted by Gasteiger charge is -2.21. The van der Waals surface area contributed by atoms with Crippen LogP contribution in [0.4, 0.5) is 5.69 Å². The molecule has 2 rings (SSSR count). The van der Waals surface area contributed by atoms with E-state index in [1.165, 1.54) is 17.8 Å². The van der Waals surface area contributed by atoms with Gasteiger partial charge in [-0.15, -0.1) is 11.8 Å². The molecule has 0 saturated heterocycles. The van der Waals surface area contributed by atoms with E-state index < -0.39 is 4.92 Å². The molecule has 0 unspecified atom stereocenters. The maximum Gasteiger partial charge on any atom is 0.283 e. The van der Waals surface area contributed by atoms with E-state index in [1.54, 1.807) is 23.3 Å². The molecule has 1 saturated carbocycles. The Morgan fingerprint density at radius 1 is 1.55 bits per heavy atom. The molecule has 20 heavy (non-hydrogen) atoms. The van der Waals surface area contributed by atoms with Gasteiger partial charge in [0.1, 0.15) is 0 Å². The summed E-state index contributed by atoms with van der Waals surface area (Å²) in [6.07, 6.45) is 3.61. The van der Waals surface area contributed by atoms with Crippen molar-refractivity contribution < 1.29 is 14.8 Å². The number of hydrogen-bond acceptors (Lipinski definition) is 5. The van der Waals surface area contributed by atoms with Gasteiger partial charge in [-0.1, -0.05) is 0 Å². The van der Waals surface area contributed by atoms with Gasteiger partial charge in [-0.05, 0) is 31.2 Å². The highest BCUT2D eigenvalue weighted by molar-refractivity contribution is 7.98. The molecule has 0 aromatic heterocycles. The largest absolute Gasteiger partial charge is 0.395 e. The molecule has 0 spiro atoms. The monoisotopic (exact) mass is 296 g/mol. The average molecular weight is 296 g/mol. The molecule has 0 aliphatic heterocycles. The molecule has 1 aromatic rings. The van der Waals surface area contributed by atoms with Gasteiger partial charge in [0.05, 0.1) is 16.4 Å². The van der Waals surface area contributed by atoms with Gasteiger partial charge in [0, 0.05) is 24.2 Å². The molecule has 1 fully saturated rings. The van der Waals surface area contributed by atoms with Crippen LogP contribution in [0.15, 0.2) is 23.1 Å². The number of nitro benzene ring substituents is 1. The standard InChI is InChI=1S/C13H16N2O4S/c1-20-12-5-2-9(8-11(12)15(18)19)13(17)14(6-7-16)10-3-4-10/h2,5,8,10,16H,3-4,6-7H2,1H3. The molecule has 0 radical (unpaired) electrons. The highest BCUT2D eigenvalue weighted by atomic mass is 32.2. The van der Waals surface area contributed by atoms with Crippen LogP contribution in [0.1, 0.15) is 23.2 Å². The van der Waals surface area contributed by atoms with Crippen LogP contribution in [0.3, 0.4) is 0 Å². The normalized spacial score (nSPS) is 14.1. The third kappa shape index (κ3) is 3.10. The van der Waals surface area contributed by atoms with Crippen LogP contribution < -0.4 is 0 Å². The highest BCUT2D eigenvalue weighted by Crippen LogP contribution is 2.31. The summed E-state index contributed by atoms with van der Waals surface area (Å²) in [7, 11) is 0. The van der Waals surface area contributed by atoms with E-state index in [4.69, 9.17) is 5.11 Å². The van der Waals surface area contributed by atoms with Gasteiger partial charge >= 0.3 is 0 Å². The van der Waals surface area contributed by atoms with Crippen LogP contribution in [0.2, 0.25) is 0 Å². The molecule has 0 heterocycles. The first kappa shape index (κ1) is 14.8. The van der Waals surface area contributed by atoms with E-state index in [-0.39, 0.29) is 30.8 Å². The number of rotatable bonds is 6. The molecule has 7 heteroatoms. The minimum absolute atomic E-state index is 0.0527. The Bertz CT molecular complexity index is 531. The van der Waals surface area contributed by atoms with E-state index >= 15 is 0 Å². The predicted octanol–water partition coefficient (Wildman–Crippen LogP) is 1.91. The van der Waals surface area contributed by atoms with E-state index in [0.717, 1.165) is 12.8 Å². The fourth-order valence-corrected chi connectivity index (χ4v) is 2.62. The van der Waals surface area contributed by atoms with Crippen LogP contribution >= 0.6 is 11.8 Å². The van der Waals surface area contributed by atoms with Gasteiger partial charge in [-0.25, -0.2) is 0 Å². The van der Waals surface area contributed by atoms with Crippen LogP contribution in [0.5, 0.6) is 0 Å². The van der Waals surface area contributed by atoms with Gasteiger partial charge in [0.2, 0.25) is 0 Å². The lowest BCUT2D eigenvalue weighted by Crippen LogP contribution is -2.35. The van der Waals surface area contributed by atoms with Gasteiger partial charge < -0.3 is 10.0 Å². The molecule has 1 N–H and O–H groups in total. The molecule has 1 amide bonds. The van der Waals surface area contributed by atoms with Gasteiger partial charge in [-0.3, -0.25) is 14.9 Å². The summed E-state index contributed by atoms with van der Waals surface area (Å²) < 4.78 is 0. The zero-order valence-electron chi connectivity index (χ0n) is 11.1. The minimum atomic E-state index is -0.476. The van der Waals surface area contributed by atoms with Crippen molar-refractivity contribution in [3.05, 3.63) is 33.9 Å². The summed E-state index contributed by atoms with van der Waals surface area (Å²) in [5.74, 6) is -0.252. The van der Waals surface area contributed by atoms with E-state index in [1.807, 2.05) is 0 Å². The smallest absolute Gasteiger partial charge is 0.283 e. The number of carbonyl (C=O) groups is 1. The number of nitrogens with zero attached hydrogens (tertiary/aromatic N) is 2. The third-order valence-corrected chi connectivity index (χ3v) is 4.00. The molecule has 1 aliphatic carbocycles. The van der Waals surface area contributed by atoms with Crippen molar-refractivity contribution in [1.82, 2.24) is 4.90 Å². The maximum absolute atomic E-state index is 12.4. The quantitative estimate of drug-likeness (QED) is 0.492. The summed E-state index contributed by atoms with van der Waals surface area (Å²) >= 11 is 1.27. The van der Waals surface area contributed by atoms with Crippen LogP contribution in [0.25, 0.3) is 0 Å². The second-order valence-electron chi connectivity index (χ2n) is 4.60. The van der Waals surface area contributed by atoms with Crippen molar-refractivity contribution in [2.45, 2.75) is 23.8 Å². The van der Waals surface area contributed by atoms with Crippen molar-refractivity contribution in [2.75, 3.05) is 19.4 Å². The Kier molecular flexibility index (Phi) is 4.61. The SMILES string of the molecule is CSc1ccc(C(=O)N(CCO)C2CC2)cc1[N+](=O)[O-]. The third-order valence-electron chi connectivity index (χ3n) is 3.21. The van der Waals surface area contributed by atoms with Crippen molar-refractivity contribution in [1.29, 1.82) is 0 Å².